The summed E-state index contributed by atoms with van der Waals surface area (Å²) >= 11 is 0. The Hall–Kier alpha value is -1.62. The summed E-state index contributed by atoms with van der Waals surface area (Å²) in [5.74, 6) is -0.293. The topological polar surface area (TPSA) is 75.8 Å². The first-order valence-electron chi connectivity index (χ1n) is 9.21. The van der Waals surface area contributed by atoms with Gasteiger partial charge in [-0.1, -0.05) is 12.8 Å². The molecule has 3 N–H and O–H groups in total. The van der Waals surface area contributed by atoms with Crippen molar-refractivity contribution in [2.45, 2.75) is 78.3 Å². The molecule has 0 saturated heterocycles. The number of ketones is 1. The molecule has 1 atom stereocenters. The van der Waals surface area contributed by atoms with Crippen molar-refractivity contribution in [2.75, 3.05) is 6.61 Å². The van der Waals surface area contributed by atoms with E-state index < -0.39 is 0 Å². The molecular formula is C19H31N2O3+. The molecule has 1 aromatic heterocycles. The lowest BCUT2D eigenvalue weighted by Gasteiger charge is -2.17. The molecule has 1 aliphatic carbocycles. The van der Waals surface area contributed by atoms with E-state index in [0.29, 0.717) is 35.2 Å². The van der Waals surface area contributed by atoms with Crippen LogP contribution in [0.4, 0.5) is 0 Å². The number of carbonyl (C=O) groups is 2. The second kappa shape index (κ2) is 8.47. The molecule has 2 rings (SSSR count). The zero-order valence-electron chi connectivity index (χ0n) is 15.4. The van der Waals surface area contributed by atoms with Crippen molar-refractivity contribution in [1.29, 1.82) is 0 Å². The van der Waals surface area contributed by atoms with Crippen molar-refractivity contribution in [3.8, 4) is 0 Å². The molecule has 0 aliphatic heterocycles. The van der Waals surface area contributed by atoms with Gasteiger partial charge in [-0.05, 0) is 58.9 Å². The molecule has 0 spiro atoms. The molecule has 5 nitrogen and oxygen atoms in total. The Bertz CT molecular complexity index is 584. The highest BCUT2D eigenvalue weighted by molar-refractivity contribution is 6.03. The van der Waals surface area contributed by atoms with Gasteiger partial charge in [0, 0.05) is 5.69 Å². The number of aromatic nitrogens is 1. The minimum atomic E-state index is -0.358. The van der Waals surface area contributed by atoms with Crippen molar-refractivity contribution >= 4 is 11.8 Å². The Morgan fingerprint density at radius 1 is 1.21 bits per heavy atom. The number of H-pyrrole nitrogens is 1. The highest BCUT2D eigenvalue weighted by Crippen LogP contribution is 2.20. The standard InChI is InChI=1S/C19H30N2O3/c1-5-24-19(23)16-12(2)17(21-13(16)3)18(22)14(4)20-15-10-8-6-7-9-11-15/h14-15,20-21H,5-11H2,1-4H3/p+1/t14-/m1/s1. The smallest absolute Gasteiger partial charge is 0.340 e. The molecule has 134 valence electrons. The third-order valence-corrected chi connectivity index (χ3v) is 5.04. The van der Waals surface area contributed by atoms with Crippen molar-refractivity contribution in [1.82, 2.24) is 4.98 Å². The molecule has 1 aliphatic rings. The lowest BCUT2D eigenvalue weighted by molar-refractivity contribution is -0.706. The fraction of sp³-hybridized carbons (Fsp3) is 0.684. The number of Topliss-reactive ketones (excluding diaryl/α,β-unsaturated/α-hetero) is 1. The van der Waals surface area contributed by atoms with Gasteiger partial charge < -0.3 is 15.0 Å². The van der Waals surface area contributed by atoms with Gasteiger partial charge in [-0.25, -0.2) is 4.79 Å². The van der Waals surface area contributed by atoms with Gasteiger partial charge in [0.05, 0.1) is 23.9 Å². The average molecular weight is 335 g/mol. The number of aromatic amines is 1. The Kier molecular flexibility index (Phi) is 6.60. The number of ether oxygens (including phenoxy) is 1. The zero-order chi connectivity index (χ0) is 17.7. The van der Waals surface area contributed by atoms with E-state index in [9.17, 15) is 9.59 Å². The van der Waals surface area contributed by atoms with E-state index in [2.05, 4.69) is 10.3 Å². The molecule has 0 unspecified atom stereocenters. The van der Waals surface area contributed by atoms with Crippen LogP contribution in [0, 0.1) is 13.8 Å². The van der Waals surface area contributed by atoms with Gasteiger partial charge in [0.2, 0.25) is 5.78 Å². The summed E-state index contributed by atoms with van der Waals surface area (Å²) in [6.07, 6.45) is 7.52. The predicted molar refractivity (Wildman–Crippen MR) is 93.4 cm³/mol. The molecule has 1 fully saturated rings. The first kappa shape index (κ1) is 18.7. The third-order valence-electron chi connectivity index (χ3n) is 5.04. The second-order valence-corrected chi connectivity index (χ2v) is 6.94. The van der Waals surface area contributed by atoms with Crippen LogP contribution < -0.4 is 5.32 Å². The fourth-order valence-corrected chi connectivity index (χ4v) is 3.73. The largest absolute Gasteiger partial charge is 0.462 e. The van der Waals surface area contributed by atoms with Crippen molar-refractivity contribution in [2.24, 2.45) is 0 Å². The third kappa shape index (κ3) is 4.26. The number of esters is 1. The number of nitrogens with one attached hydrogen (secondary N) is 1. The number of quaternary nitrogens is 1. The Morgan fingerprint density at radius 2 is 1.83 bits per heavy atom. The molecule has 1 aromatic rings. The van der Waals surface area contributed by atoms with Crippen molar-refractivity contribution in [3.05, 3.63) is 22.5 Å². The Morgan fingerprint density at radius 3 is 2.42 bits per heavy atom. The van der Waals surface area contributed by atoms with Crippen molar-refractivity contribution < 1.29 is 19.6 Å². The molecule has 5 heteroatoms. The lowest BCUT2D eigenvalue weighted by atomic mass is 10.0. The van der Waals surface area contributed by atoms with Gasteiger partial charge in [-0.15, -0.1) is 0 Å². The number of rotatable bonds is 6. The Labute approximate surface area is 144 Å². The minimum Gasteiger partial charge on any atom is -0.462 e. The zero-order valence-corrected chi connectivity index (χ0v) is 15.4. The predicted octanol–water partition coefficient (Wildman–Crippen LogP) is 2.67. The quantitative estimate of drug-likeness (QED) is 0.477. The van der Waals surface area contributed by atoms with E-state index in [1.807, 2.05) is 20.8 Å². The van der Waals surface area contributed by atoms with Gasteiger partial charge >= 0.3 is 5.97 Å². The SMILES string of the molecule is CCOC(=O)c1c(C)[nH]c(C(=O)[C@@H](C)[NH2+]C2CCCCCC2)c1C. The maximum absolute atomic E-state index is 12.9. The molecule has 0 aromatic carbocycles. The van der Waals surface area contributed by atoms with Crippen molar-refractivity contribution in [3.63, 3.8) is 0 Å². The number of aryl methyl sites for hydroxylation is 1. The van der Waals surface area contributed by atoms with Crippen LogP contribution in [-0.4, -0.2) is 35.4 Å². The average Bonchev–Trinajstić information content (AvgIpc) is 2.70. The first-order valence-corrected chi connectivity index (χ1v) is 9.21. The molecule has 1 heterocycles. The monoisotopic (exact) mass is 335 g/mol. The van der Waals surface area contributed by atoms with Crippen LogP contribution in [0.2, 0.25) is 0 Å². The minimum absolute atomic E-state index is 0.0652. The van der Waals surface area contributed by atoms with Crippen LogP contribution in [-0.2, 0) is 4.74 Å². The van der Waals surface area contributed by atoms with Gasteiger partial charge in [-0.2, -0.15) is 0 Å². The molecule has 0 bridgehead atoms. The summed E-state index contributed by atoms with van der Waals surface area (Å²) in [5.41, 5.74) is 2.46. The number of hydrogen-bond donors (Lipinski definition) is 2. The normalized spacial score (nSPS) is 17.3. The van der Waals surface area contributed by atoms with Crippen LogP contribution in [0.5, 0.6) is 0 Å². The van der Waals surface area contributed by atoms with Crippen LogP contribution in [0.1, 0.15) is 84.5 Å². The summed E-state index contributed by atoms with van der Waals surface area (Å²) in [6, 6.07) is 0.396. The number of carbonyl (C=O) groups excluding carboxylic acids is 2. The van der Waals surface area contributed by atoms with E-state index in [1.165, 1.54) is 38.5 Å². The summed E-state index contributed by atoms with van der Waals surface area (Å²) < 4.78 is 5.10. The van der Waals surface area contributed by atoms with E-state index in [1.54, 1.807) is 6.92 Å². The van der Waals surface area contributed by atoms with E-state index >= 15 is 0 Å². The molecular weight excluding hydrogens is 304 g/mol. The van der Waals surface area contributed by atoms with E-state index in [0.717, 1.165) is 0 Å². The molecule has 0 amide bonds. The van der Waals surface area contributed by atoms with Gasteiger partial charge in [0.25, 0.3) is 0 Å². The summed E-state index contributed by atoms with van der Waals surface area (Å²) in [4.78, 5) is 28.1. The summed E-state index contributed by atoms with van der Waals surface area (Å²) in [6.45, 7) is 7.72. The molecule has 1 saturated carbocycles. The highest BCUT2D eigenvalue weighted by atomic mass is 16.5. The van der Waals surface area contributed by atoms with Crippen LogP contribution in [0.15, 0.2) is 0 Å². The molecule has 0 radical (unpaired) electrons. The second-order valence-electron chi connectivity index (χ2n) is 6.94. The van der Waals surface area contributed by atoms with E-state index in [-0.39, 0.29) is 17.8 Å². The van der Waals surface area contributed by atoms with E-state index in [4.69, 9.17) is 4.74 Å². The van der Waals surface area contributed by atoms with Crippen LogP contribution in [0.25, 0.3) is 0 Å². The number of hydrogen-bond acceptors (Lipinski definition) is 3. The lowest BCUT2D eigenvalue weighted by Crippen LogP contribution is -2.95. The maximum atomic E-state index is 12.9. The summed E-state index contributed by atoms with van der Waals surface area (Å²) in [7, 11) is 0. The molecule has 24 heavy (non-hydrogen) atoms. The summed E-state index contributed by atoms with van der Waals surface area (Å²) in [5, 5.41) is 2.22. The van der Waals surface area contributed by atoms with Crippen LogP contribution in [0.3, 0.4) is 0 Å². The fourth-order valence-electron chi connectivity index (χ4n) is 3.73. The van der Waals surface area contributed by atoms with Gasteiger partial charge in [-0.3, -0.25) is 4.79 Å². The Balaban J connectivity index is 2.11. The first-order chi connectivity index (χ1) is 11.5. The maximum Gasteiger partial charge on any atom is 0.340 e. The van der Waals surface area contributed by atoms with Gasteiger partial charge in [0.15, 0.2) is 0 Å². The van der Waals surface area contributed by atoms with Gasteiger partial charge in [0.1, 0.15) is 6.04 Å². The number of nitrogens with two attached hydrogens (primary N) is 1. The van der Waals surface area contributed by atoms with Crippen LogP contribution >= 0.6 is 0 Å². The highest BCUT2D eigenvalue weighted by Gasteiger charge is 2.29.